The van der Waals surface area contributed by atoms with Crippen LogP contribution in [0.25, 0.3) is 0 Å². The highest BCUT2D eigenvalue weighted by Crippen LogP contribution is 2.12. The van der Waals surface area contributed by atoms with Crippen LogP contribution in [0.1, 0.15) is 40.5 Å². The van der Waals surface area contributed by atoms with Gasteiger partial charge in [0.2, 0.25) is 10.0 Å². The van der Waals surface area contributed by atoms with Gasteiger partial charge in [-0.3, -0.25) is 0 Å². The van der Waals surface area contributed by atoms with Crippen molar-refractivity contribution in [3.8, 4) is 0 Å². The van der Waals surface area contributed by atoms with E-state index in [9.17, 15) is 8.42 Å². The third-order valence-corrected chi connectivity index (χ3v) is 4.42. The van der Waals surface area contributed by atoms with Gasteiger partial charge in [-0.15, -0.1) is 0 Å². The van der Waals surface area contributed by atoms with Crippen molar-refractivity contribution in [2.45, 2.75) is 46.6 Å². The van der Waals surface area contributed by atoms with E-state index in [1.165, 1.54) is 0 Å². The molecule has 0 spiro atoms. The van der Waals surface area contributed by atoms with Crippen LogP contribution in [-0.2, 0) is 10.0 Å². The number of nitrogens with two attached hydrogens (primary N) is 1. The maximum Gasteiger partial charge on any atom is 0.214 e. The zero-order valence-corrected chi connectivity index (χ0v) is 11.8. The predicted octanol–water partition coefficient (Wildman–Crippen LogP) is 1.42. The molecule has 0 rings (SSSR count). The molecule has 0 aromatic rings. The maximum atomic E-state index is 12.1. The molecule has 0 unspecified atom stereocenters. The summed E-state index contributed by atoms with van der Waals surface area (Å²) in [5.41, 5.74) is 5.37. The molecule has 0 saturated carbocycles. The molecule has 0 amide bonds. The van der Waals surface area contributed by atoms with Gasteiger partial charge >= 0.3 is 0 Å². The van der Waals surface area contributed by atoms with Crippen molar-refractivity contribution in [3.05, 3.63) is 0 Å². The number of hydrogen-bond acceptors (Lipinski definition) is 3. The van der Waals surface area contributed by atoms with Crippen molar-refractivity contribution < 1.29 is 8.42 Å². The van der Waals surface area contributed by atoms with E-state index in [0.717, 1.165) is 6.42 Å². The van der Waals surface area contributed by atoms with E-state index in [4.69, 9.17) is 5.73 Å². The van der Waals surface area contributed by atoms with E-state index in [1.807, 2.05) is 27.7 Å². The molecule has 0 bridgehead atoms. The highest BCUT2D eigenvalue weighted by molar-refractivity contribution is 7.89. The average Bonchev–Trinajstić information content (AvgIpc) is 2.13. The Morgan fingerprint density at radius 2 is 1.69 bits per heavy atom. The fraction of sp³-hybridized carbons (Fsp3) is 1.00. The number of nitrogens with zero attached hydrogens (tertiary/aromatic N) is 1. The zero-order chi connectivity index (χ0) is 12.8. The van der Waals surface area contributed by atoms with E-state index in [-0.39, 0.29) is 11.8 Å². The lowest BCUT2D eigenvalue weighted by molar-refractivity contribution is 0.318. The normalized spacial score (nSPS) is 13.0. The van der Waals surface area contributed by atoms with Crippen LogP contribution in [0.5, 0.6) is 0 Å². The summed E-state index contributed by atoms with van der Waals surface area (Å²) in [5.74, 6) is 0.571. The average molecular weight is 250 g/mol. The van der Waals surface area contributed by atoms with E-state index in [1.54, 1.807) is 4.31 Å². The molecule has 0 saturated heterocycles. The standard InChI is InChI=1S/C11H26N2O2S/c1-10(2)9-13(11(3)4)16(14,15)8-6-5-7-12/h10-11H,5-9,12H2,1-4H3. The minimum absolute atomic E-state index is 0.0327. The second-order valence-corrected chi connectivity index (χ2v) is 6.91. The lowest BCUT2D eigenvalue weighted by Crippen LogP contribution is -2.40. The third-order valence-electron chi connectivity index (χ3n) is 2.33. The Bertz CT molecular complexity index is 274. The Balaban J connectivity index is 4.51. The van der Waals surface area contributed by atoms with Crippen LogP contribution in [0.15, 0.2) is 0 Å². The Hall–Kier alpha value is -0.130. The van der Waals surface area contributed by atoms with Crippen LogP contribution >= 0.6 is 0 Å². The van der Waals surface area contributed by atoms with Gasteiger partial charge in [-0.2, -0.15) is 4.31 Å². The molecule has 0 aliphatic rings. The number of sulfonamides is 1. The molecule has 98 valence electrons. The molecule has 0 aromatic heterocycles. The molecule has 16 heavy (non-hydrogen) atoms. The van der Waals surface area contributed by atoms with Gasteiger partial charge in [-0.1, -0.05) is 13.8 Å². The van der Waals surface area contributed by atoms with Crippen LogP contribution < -0.4 is 5.73 Å². The van der Waals surface area contributed by atoms with Crippen LogP contribution in [0, 0.1) is 5.92 Å². The van der Waals surface area contributed by atoms with Gasteiger partial charge in [0.25, 0.3) is 0 Å². The quantitative estimate of drug-likeness (QED) is 0.663. The molecular weight excluding hydrogens is 224 g/mol. The molecular formula is C11H26N2O2S. The topological polar surface area (TPSA) is 63.4 Å². The van der Waals surface area contributed by atoms with Crippen molar-refractivity contribution in [2.24, 2.45) is 11.7 Å². The van der Waals surface area contributed by atoms with Gasteiger partial charge in [-0.25, -0.2) is 8.42 Å². The van der Waals surface area contributed by atoms with Gasteiger partial charge in [0.15, 0.2) is 0 Å². The zero-order valence-electron chi connectivity index (χ0n) is 10.9. The summed E-state index contributed by atoms with van der Waals surface area (Å²) in [6.07, 6.45) is 1.42. The fourth-order valence-corrected chi connectivity index (χ4v) is 3.52. The Labute approximate surface area is 100 Å². The van der Waals surface area contributed by atoms with Gasteiger partial charge in [0, 0.05) is 12.6 Å². The first-order valence-electron chi connectivity index (χ1n) is 6.00. The monoisotopic (exact) mass is 250 g/mol. The number of hydrogen-bond donors (Lipinski definition) is 1. The van der Waals surface area contributed by atoms with E-state index in [0.29, 0.717) is 25.4 Å². The fourth-order valence-electron chi connectivity index (χ4n) is 1.55. The predicted molar refractivity (Wildman–Crippen MR) is 68.8 cm³/mol. The van der Waals surface area contributed by atoms with Crippen molar-refractivity contribution in [1.82, 2.24) is 4.31 Å². The minimum atomic E-state index is -3.11. The van der Waals surface area contributed by atoms with Gasteiger partial charge in [-0.05, 0) is 39.2 Å². The SMILES string of the molecule is CC(C)CN(C(C)C)S(=O)(=O)CCCCN. The van der Waals surface area contributed by atoms with Crippen molar-refractivity contribution in [3.63, 3.8) is 0 Å². The summed E-state index contributed by atoms with van der Waals surface area (Å²) >= 11 is 0. The Morgan fingerprint density at radius 1 is 1.12 bits per heavy atom. The molecule has 0 fully saturated rings. The first-order chi connectivity index (χ1) is 7.31. The summed E-state index contributed by atoms with van der Waals surface area (Å²) in [4.78, 5) is 0. The third kappa shape index (κ3) is 5.82. The molecule has 0 aliphatic carbocycles. The van der Waals surface area contributed by atoms with Gasteiger partial charge in [0.05, 0.1) is 5.75 Å². The summed E-state index contributed by atoms with van der Waals surface area (Å²) in [7, 11) is -3.11. The Morgan fingerprint density at radius 3 is 2.06 bits per heavy atom. The van der Waals surface area contributed by atoms with E-state index >= 15 is 0 Å². The largest absolute Gasteiger partial charge is 0.330 e. The molecule has 0 heterocycles. The second kappa shape index (κ2) is 7.25. The Kier molecular flexibility index (Phi) is 7.19. The molecule has 0 atom stereocenters. The van der Waals surface area contributed by atoms with Crippen molar-refractivity contribution >= 4 is 10.0 Å². The minimum Gasteiger partial charge on any atom is -0.330 e. The van der Waals surface area contributed by atoms with E-state index in [2.05, 4.69) is 0 Å². The second-order valence-electron chi connectivity index (χ2n) is 4.87. The lowest BCUT2D eigenvalue weighted by atomic mass is 10.2. The molecule has 2 N–H and O–H groups in total. The van der Waals surface area contributed by atoms with E-state index < -0.39 is 10.0 Å². The van der Waals surface area contributed by atoms with Gasteiger partial charge in [0.1, 0.15) is 0 Å². The number of rotatable bonds is 8. The van der Waals surface area contributed by atoms with Gasteiger partial charge < -0.3 is 5.73 Å². The van der Waals surface area contributed by atoms with Crippen LogP contribution in [-0.4, -0.2) is 37.6 Å². The highest BCUT2D eigenvalue weighted by atomic mass is 32.2. The summed E-state index contributed by atoms with van der Waals surface area (Å²) in [5, 5.41) is 0. The molecule has 4 nitrogen and oxygen atoms in total. The maximum absolute atomic E-state index is 12.1. The first kappa shape index (κ1) is 15.9. The molecule has 0 aliphatic heterocycles. The molecule has 0 aromatic carbocycles. The van der Waals surface area contributed by atoms with Crippen LogP contribution in [0.2, 0.25) is 0 Å². The summed E-state index contributed by atoms with van der Waals surface area (Å²) in [6.45, 7) is 9.06. The van der Waals surface area contributed by atoms with Crippen molar-refractivity contribution in [2.75, 3.05) is 18.8 Å². The molecule has 0 radical (unpaired) electrons. The summed E-state index contributed by atoms with van der Waals surface area (Å²) in [6, 6.07) is 0.0327. The van der Waals surface area contributed by atoms with Crippen molar-refractivity contribution in [1.29, 1.82) is 0 Å². The smallest absolute Gasteiger partial charge is 0.214 e. The summed E-state index contributed by atoms with van der Waals surface area (Å²) < 4.78 is 25.7. The number of unbranched alkanes of at least 4 members (excludes halogenated alkanes) is 1. The van der Waals surface area contributed by atoms with Crippen LogP contribution in [0.3, 0.4) is 0 Å². The first-order valence-corrected chi connectivity index (χ1v) is 7.61. The molecule has 5 heteroatoms. The lowest BCUT2D eigenvalue weighted by Gasteiger charge is -2.27. The highest BCUT2D eigenvalue weighted by Gasteiger charge is 2.24. The van der Waals surface area contributed by atoms with Crippen LogP contribution in [0.4, 0.5) is 0 Å².